The Morgan fingerprint density at radius 3 is 2.47 bits per heavy atom. The third-order valence-corrected chi connectivity index (χ3v) is 2.91. The van der Waals surface area contributed by atoms with E-state index in [-0.39, 0.29) is 11.3 Å². The van der Waals surface area contributed by atoms with Crippen molar-refractivity contribution in [3.05, 3.63) is 35.9 Å². The van der Waals surface area contributed by atoms with Crippen molar-refractivity contribution < 1.29 is 4.79 Å². The van der Waals surface area contributed by atoms with Gasteiger partial charge in [0.2, 0.25) is 5.91 Å². The van der Waals surface area contributed by atoms with Gasteiger partial charge in [-0.1, -0.05) is 60.1 Å². The molecule has 3 heteroatoms. The lowest BCUT2D eigenvalue weighted by molar-refractivity contribution is -0.118. The first-order valence-corrected chi connectivity index (χ1v) is 6.06. The van der Waals surface area contributed by atoms with Gasteiger partial charge < -0.3 is 5.32 Å². The highest BCUT2D eigenvalue weighted by molar-refractivity contribution is 9.09. The molecule has 0 spiro atoms. The molecule has 0 fully saturated rings. The van der Waals surface area contributed by atoms with Gasteiger partial charge in [0.1, 0.15) is 0 Å². The lowest BCUT2D eigenvalue weighted by Gasteiger charge is -2.25. The Hall–Kier alpha value is -0.830. The maximum absolute atomic E-state index is 11.1. The summed E-state index contributed by atoms with van der Waals surface area (Å²) in [6.45, 7) is 4.90. The number of nitrogens with one attached hydrogen (secondary N) is 1. The third kappa shape index (κ3) is 3.67. The second kappa shape index (κ2) is 5.31. The highest BCUT2D eigenvalue weighted by atomic mass is 79.9. The highest BCUT2D eigenvalue weighted by Crippen LogP contribution is 2.21. The smallest absolute Gasteiger partial charge is 0.230 e. The SMILES string of the molecule is CC(C)(CNC(=O)CBr)c1ccccc1. The van der Waals surface area contributed by atoms with E-state index in [1.165, 1.54) is 5.56 Å². The fraction of sp³-hybridized carbons (Fsp3) is 0.417. The van der Waals surface area contributed by atoms with E-state index >= 15 is 0 Å². The number of hydrogen-bond acceptors (Lipinski definition) is 1. The maximum atomic E-state index is 11.1. The first-order chi connectivity index (χ1) is 7.06. The number of hydrogen-bond donors (Lipinski definition) is 1. The van der Waals surface area contributed by atoms with Gasteiger partial charge in [0.25, 0.3) is 0 Å². The van der Waals surface area contributed by atoms with Gasteiger partial charge in [-0.15, -0.1) is 0 Å². The molecule has 0 aliphatic heterocycles. The summed E-state index contributed by atoms with van der Waals surface area (Å²) in [7, 11) is 0. The summed E-state index contributed by atoms with van der Waals surface area (Å²) >= 11 is 3.13. The molecule has 1 aromatic carbocycles. The van der Waals surface area contributed by atoms with Crippen molar-refractivity contribution in [2.45, 2.75) is 19.3 Å². The predicted molar refractivity (Wildman–Crippen MR) is 66.3 cm³/mol. The second-order valence-electron chi connectivity index (χ2n) is 4.16. The number of carbonyl (C=O) groups excluding carboxylic acids is 1. The average molecular weight is 270 g/mol. The van der Waals surface area contributed by atoms with Crippen molar-refractivity contribution in [1.82, 2.24) is 5.32 Å². The van der Waals surface area contributed by atoms with Crippen LogP contribution in [0.15, 0.2) is 30.3 Å². The van der Waals surface area contributed by atoms with Crippen LogP contribution in [-0.2, 0) is 10.2 Å². The molecule has 1 N–H and O–H groups in total. The highest BCUT2D eigenvalue weighted by Gasteiger charge is 2.20. The van der Waals surface area contributed by atoms with E-state index < -0.39 is 0 Å². The second-order valence-corrected chi connectivity index (χ2v) is 4.72. The number of halogens is 1. The molecule has 15 heavy (non-hydrogen) atoms. The van der Waals surface area contributed by atoms with Crippen LogP contribution >= 0.6 is 15.9 Å². The Bertz CT molecular complexity index is 322. The van der Waals surface area contributed by atoms with Crippen LogP contribution in [0.2, 0.25) is 0 Å². The molecule has 1 amide bonds. The topological polar surface area (TPSA) is 29.1 Å². The molecule has 1 rings (SSSR count). The number of rotatable bonds is 4. The lowest BCUT2D eigenvalue weighted by Crippen LogP contribution is -2.37. The molecular weight excluding hydrogens is 254 g/mol. The maximum Gasteiger partial charge on any atom is 0.230 e. The Kier molecular flexibility index (Phi) is 4.33. The zero-order chi connectivity index (χ0) is 11.3. The summed E-state index contributed by atoms with van der Waals surface area (Å²) in [4.78, 5) is 11.1. The van der Waals surface area contributed by atoms with Crippen LogP contribution in [-0.4, -0.2) is 17.8 Å². The summed E-state index contributed by atoms with van der Waals surface area (Å²) in [6.07, 6.45) is 0. The Morgan fingerprint density at radius 1 is 1.33 bits per heavy atom. The van der Waals surface area contributed by atoms with Crippen LogP contribution in [0.25, 0.3) is 0 Å². The number of carbonyl (C=O) groups is 1. The molecule has 0 radical (unpaired) electrons. The quantitative estimate of drug-likeness (QED) is 0.837. The van der Waals surface area contributed by atoms with E-state index in [9.17, 15) is 4.79 Å². The van der Waals surface area contributed by atoms with E-state index in [4.69, 9.17) is 0 Å². The van der Waals surface area contributed by atoms with Crippen molar-refractivity contribution in [1.29, 1.82) is 0 Å². The Balaban J connectivity index is 2.63. The molecule has 2 nitrogen and oxygen atoms in total. The van der Waals surface area contributed by atoms with Gasteiger partial charge in [0.15, 0.2) is 0 Å². The van der Waals surface area contributed by atoms with Crippen LogP contribution < -0.4 is 5.32 Å². The molecule has 0 heterocycles. The molecule has 1 aromatic rings. The zero-order valence-corrected chi connectivity index (χ0v) is 10.7. The monoisotopic (exact) mass is 269 g/mol. The van der Waals surface area contributed by atoms with E-state index in [2.05, 4.69) is 47.2 Å². The van der Waals surface area contributed by atoms with E-state index in [1.807, 2.05) is 18.2 Å². The first kappa shape index (κ1) is 12.2. The molecule has 0 saturated heterocycles. The van der Waals surface area contributed by atoms with E-state index in [0.717, 1.165) is 0 Å². The molecular formula is C12H16BrNO. The van der Waals surface area contributed by atoms with Crippen LogP contribution in [0.5, 0.6) is 0 Å². The molecule has 82 valence electrons. The van der Waals surface area contributed by atoms with Gasteiger partial charge in [-0.25, -0.2) is 0 Å². The molecule has 0 aliphatic carbocycles. The molecule has 0 aromatic heterocycles. The van der Waals surface area contributed by atoms with Crippen LogP contribution in [0.1, 0.15) is 19.4 Å². The number of benzene rings is 1. The van der Waals surface area contributed by atoms with Gasteiger partial charge in [-0.2, -0.15) is 0 Å². The van der Waals surface area contributed by atoms with Crippen molar-refractivity contribution >= 4 is 21.8 Å². The van der Waals surface area contributed by atoms with Crippen molar-refractivity contribution in [3.8, 4) is 0 Å². The van der Waals surface area contributed by atoms with Gasteiger partial charge in [0.05, 0.1) is 5.33 Å². The largest absolute Gasteiger partial charge is 0.355 e. The van der Waals surface area contributed by atoms with Crippen LogP contribution in [0.3, 0.4) is 0 Å². The van der Waals surface area contributed by atoms with Crippen LogP contribution in [0, 0.1) is 0 Å². The summed E-state index contributed by atoms with van der Waals surface area (Å²) in [6, 6.07) is 10.2. The standard InChI is InChI=1S/C12H16BrNO/c1-12(2,9-14-11(15)8-13)10-6-4-3-5-7-10/h3-7H,8-9H2,1-2H3,(H,14,15). The third-order valence-electron chi connectivity index (χ3n) is 2.40. The summed E-state index contributed by atoms with van der Waals surface area (Å²) in [5, 5.41) is 3.24. The number of amides is 1. The normalized spacial score (nSPS) is 11.1. The summed E-state index contributed by atoms with van der Waals surface area (Å²) in [5.74, 6) is 0.0269. The minimum atomic E-state index is -0.0287. The van der Waals surface area contributed by atoms with E-state index in [0.29, 0.717) is 11.9 Å². The fourth-order valence-electron chi connectivity index (χ4n) is 1.36. The van der Waals surface area contributed by atoms with Gasteiger partial charge in [0, 0.05) is 12.0 Å². The minimum absolute atomic E-state index is 0.0269. The average Bonchev–Trinajstić information content (AvgIpc) is 2.27. The predicted octanol–water partition coefficient (Wildman–Crippen LogP) is 2.48. The molecule has 0 aliphatic rings. The van der Waals surface area contributed by atoms with Crippen molar-refractivity contribution in [2.24, 2.45) is 0 Å². The van der Waals surface area contributed by atoms with Crippen LogP contribution in [0.4, 0.5) is 0 Å². The lowest BCUT2D eigenvalue weighted by atomic mass is 9.85. The fourth-order valence-corrected chi connectivity index (χ4v) is 1.56. The molecule has 0 saturated carbocycles. The first-order valence-electron chi connectivity index (χ1n) is 4.94. The molecule has 0 atom stereocenters. The Morgan fingerprint density at radius 2 is 1.93 bits per heavy atom. The van der Waals surface area contributed by atoms with Crippen molar-refractivity contribution in [2.75, 3.05) is 11.9 Å². The zero-order valence-electron chi connectivity index (χ0n) is 9.09. The van der Waals surface area contributed by atoms with Gasteiger partial charge >= 0.3 is 0 Å². The molecule has 0 bridgehead atoms. The minimum Gasteiger partial charge on any atom is -0.355 e. The van der Waals surface area contributed by atoms with Crippen molar-refractivity contribution in [3.63, 3.8) is 0 Å². The summed E-state index contributed by atoms with van der Waals surface area (Å²) in [5.41, 5.74) is 1.21. The van der Waals surface area contributed by atoms with E-state index in [1.54, 1.807) is 0 Å². The Labute approximate surface area is 99.2 Å². The number of alkyl halides is 1. The summed E-state index contributed by atoms with van der Waals surface area (Å²) < 4.78 is 0. The van der Waals surface area contributed by atoms with Gasteiger partial charge in [-0.05, 0) is 5.56 Å². The molecule has 0 unspecified atom stereocenters. The van der Waals surface area contributed by atoms with Gasteiger partial charge in [-0.3, -0.25) is 4.79 Å².